The summed E-state index contributed by atoms with van der Waals surface area (Å²) in [6.45, 7) is 12.3. The van der Waals surface area contributed by atoms with E-state index in [-0.39, 0.29) is 5.41 Å². The summed E-state index contributed by atoms with van der Waals surface area (Å²) in [5, 5.41) is 3.33. The summed E-state index contributed by atoms with van der Waals surface area (Å²) in [7, 11) is 0. The van der Waals surface area contributed by atoms with Crippen LogP contribution in [0.3, 0.4) is 0 Å². The van der Waals surface area contributed by atoms with Gasteiger partial charge < -0.3 is 5.32 Å². The predicted octanol–water partition coefficient (Wildman–Crippen LogP) is 4.04. The molecule has 1 nitrogen and oxygen atoms in total. The van der Waals surface area contributed by atoms with Gasteiger partial charge in [-0.15, -0.1) is 11.3 Å². The minimum atomic E-state index is 0.266. The Hall–Kier alpha value is -0.120. The number of halogens is 1. The molecule has 84 valence electrons. The third-order valence-electron chi connectivity index (χ3n) is 2.02. The maximum atomic E-state index is 3.79. The first kappa shape index (κ1) is 12.9. The van der Waals surface area contributed by atoms with Crippen molar-refractivity contribution >= 4 is 27.3 Å². The van der Waals surface area contributed by atoms with Crippen LogP contribution in [0, 0.1) is 0 Å². The molecule has 3 heteroatoms. The molecule has 1 rings (SSSR count). The van der Waals surface area contributed by atoms with Crippen molar-refractivity contribution in [3.63, 3.8) is 0 Å². The van der Waals surface area contributed by atoms with Crippen molar-refractivity contribution in [1.82, 2.24) is 5.32 Å². The Morgan fingerprint density at radius 3 is 2.60 bits per heavy atom. The van der Waals surface area contributed by atoms with Gasteiger partial charge in [0.2, 0.25) is 0 Å². The number of rotatable bonds is 4. The van der Waals surface area contributed by atoms with E-state index < -0.39 is 0 Å². The molecule has 0 bridgehead atoms. The second-order valence-electron chi connectivity index (χ2n) is 4.64. The predicted molar refractivity (Wildman–Crippen MR) is 72.8 cm³/mol. The first-order chi connectivity index (χ1) is 6.89. The van der Waals surface area contributed by atoms with Gasteiger partial charge in [0.05, 0.1) is 0 Å². The van der Waals surface area contributed by atoms with Crippen LogP contribution < -0.4 is 5.32 Å². The fourth-order valence-corrected chi connectivity index (χ4v) is 2.43. The average Bonchev–Trinajstić information content (AvgIpc) is 2.51. The Balaban J connectivity index is 2.50. The minimum absolute atomic E-state index is 0.266. The number of thiophene rings is 1. The molecule has 0 aliphatic rings. The molecular formula is C12H18BrNS. The normalized spacial score (nSPS) is 11.7. The molecule has 0 spiro atoms. The summed E-state index contributed by atoms with van der Waals surface area (Å²) in [4.78, 5) is 2.82. The van der Waals surface area contributed by atoms with Crippen LogP contribution in [0.4, 0.5) is 0 Å². The van der Waals surface area contributed by atoms with Gasteiger partial charge in [0.1, 0.15) is 0 Å². The molecule has 0 atom stereocenters. The van der Waals surface area contributed by atoms with Gasteiger partial charge in [0, 0.05) is 27.3 Å². The van der Waals surface area contributed by atoms with Gasteiger partial charge in [0.15, 0.2) is 0 Å². The zero-order valence-corrected chi connectivity index (χ0v) is 12.0. The van der Waals surface area contributed by atoms with Gasteiger partial charge in [-0.3, -0.25) is 0 Å². The van der Waals surface area contributed by atoms with Crippen molar-refractivity contribution in [2.75, 3.05) is 6.54 Å². The molecule has 0 unspecified atom stereocenters. The van der Waals surface area contributed by atoms with E-state index in [4.69, 9.17) is 0 Å². The van der Waals surface area contributed by atoms with Crippen molar-refractivity contribution < 1.29 is 0 Å². The van der Waals surface area contributed by atoms with E-state index in [2.05, 4.69) is 60.7 Å². The Morgan fingerprint density at radius 1 is 1.47 bits per heavy atom. The fraction of sp³-hybridized carbons (Fsp3) is 0.500. The van der Waals surface area contributed by atoms with Crippen molar-refractivity contribution in [3.05, 3.63) is 32.9 Å². The molecule has 15 heavy (non-hydrogen) atoms. The van der Waals surface area contributed by atoms with Crippen LogP contribution in [0.25, 0.3) is 0 Å². The second-order valence-corrected chi connectivity index (χ2v) is 6.93. The maximum Gasteiger partial charge on any atom is 0.0303 e. The third-order valence-corrected chi connectivity index (χ3v) is 3.81. The molecule has 0 aliphatic heterocycles. The summed E-state index contributed by atoms with van der Waals surface area (Å²) >= 11 is 5.22. The number of hydrogen-bond donors (Lipinski definition) is 1. The van der Waals surface area contributed by atoms with Crippen molar-refractivity contribution in [2.45, 2.75) is 32.7 Å². The van der Waals surface area contributed by atoms with Gasteiger partial charge in [-0.2, -0.15) is 0 Å². The Kier molecular flexibility index (Phi) is 4.56. The van der Waals surface area contributed by atoms with E-state index in [9.17, 15) is 0 Å². The minimum Gasteiger partial charge on any atom is -0.307 e. The molecule has 0 aromatic carbocycles. The molecular weight excluding hydrogens is 270 g/mol. The molecule has 0 fully saturated rings. The summed E-state index contributed by atoms with van der Waals surface area (Å²) in [5.74, 6) is 0. The van der Waals surface area contributed by atoms with Crippen LogP contribution in [0.5, 0.6) is 0 Å². The van der Waals surface area contributed by atoms with Crippen LogP contribution in [0.2, 0.25) is 0 Å². The molecule has 0 saturated carbocycles. The van der Waals surface area contributed by atoms with E-state index in [1.807, 2.05) is 11.3 Å². The molecule has 1 heterocycles. The Morgan fingerprint density at radius 2 is 2.13 bits per heavy atom. The van der Waals surface area contributed by atoms with E-state index in [0.717, 1.165) is 17.6 Å². The van der Waals surface area contributed by atoms with Crippen molar-refractivity contribution in [2.24, 2.45) is 0 Å². The Bertz CT molecular complexity index is 336. The first-order valence-corrected chi connectivity index (χ1v) is 6.64. The molecule has 1 aromatic rings. The zero-order chi connectivity index (χ0) is 11.5. The molecule has 0 saturated heterocycles. The smallest absolute Gasteiger partial charge is 0.0303 e. The van der Waals surface area contributed by atoms with Crippen LogP contribution in [0.1, 0.15) is 30.5 Å². The summed E-state index contributed by atoms with van der Waals surface area (Å²) in [6.07, 6.45) is 0. The van der Waals surface area contributed by atoms with Crippen molar-refractivity contribution in [3.8, 4) is 0 Å². The maximum absolute atomic E-state index is 3.79. The van der Waals surface area contributed by atoms with Crippen LogP contribution in [-0.4, -0.2) is 6.54 Å². The van der Waals surface area contributed by atoms with Gasteiger partial charge in [-0.1, -0.05) is 43.3 Å². The van der Waals surface area contributed by atoms with Gasteiger partial charge >= 0.3 is 0 Å². The fourth-order valence-electron chi connectivity index (χ4n) is 1.20. The van der Waals surface area contributed by atoms with Gasteiger partial charge in [0.25, 0.3) is 0 Å². The van der Waals surface area contributed by atoms with Crippen molar-refractivity contribution in [1.29, 1.82) is 0 Å². The SMILES string of the molecule is C=C(Br)CNCc1ccc(C(C)(C)C)s1. The molecule has 0 amide bonds. The van der Waals surface area contributed by atoms with Gasteiger partial charge in [-0.25, -0.2) is 0 Å². The lowest BCUT2D eigenvalue weighted by atomic mass is 9.95. The quantitative estimate of drug-likeness (QED) is 0.881. The van der Waals surface area contributed by atoms with E-state index in [1.54, 1.807) is 0 Å². The lowest BCUT2D eigenvalue weighted by molar-refractivity contribution is 0.604. The molecule has 1 N–H and O–H groups in total. The van der Waals surface area contributed by atoms with Gasteiger partial charge in [-0.05, 0) is 17.5 Å². The molecule has 1 aromatic heterocycles. The van der Waals surface area contributed by atoms with E-state index in [0.29, 0.717) is 0 Å². The van der Waals surface area contributed by atoms with Crippen LogP contribution in [0.15, 0.2) is 23.2 Å². The van der Waals surface area contributed by atoms with E-state index in [1.165, 1.54) is 9.75 Å². The average molecular weight is 288 g/mol. The highest BCUT2D eigenvalue weighted by Gasteiger charge is 2.15. The zero-order valence-electron chi connectivity index (χ0n) is 9.56. The highest BCUT2D eigenvalue weighted by molar-refractivity contribution is 9.11. The van der Waals surface area contributed by atoms with Crippen LogP contribution >= 0.6 is 27.3 Å². The Labute approximate surface area is 105 Å². The second kappa shape index (κ2) is 5.28. The summed E-state index contributed by atoms with van der Waals surface area (Å²) in [5.41, 5.74) is 0.266. The first-order valence-electron chi connectivity index (χ1n) is 5.03. The summed E-state index contributed by atoms with van der Waals surface area (Å²) < 4.78 is 0.995. The monoisotopic (exact) mass is 287 g/mol. The van der Waals surface area contributed by atoms with Crippen LogP contribution in [-0.2, 0) is 12.0 Å². The highest BCUT2D eigenvalue weighted by Crippen LogP contribution is 2.29. The highest BCUT2D eigenvalue weighted by atomic mass is 79.9. The number of hydrogen-bond acceptors (Lipinski definition) is 2. The standard InChI is InChI=1S/C12H18BrNS/c1-9(13)7-14-8-10-5-6-11(15-10)12(2,3)4/h5-6,14H,1,7-8H2,2-4H3. The topological polar surface area (TPSA) is 12.0 Å². The lowest BCUT2D eigenvalue weighted by Gasteiger charge is -2.15. The third kappa shape index (κ3) is 4.49. The number of nitrogens with one attached hydrogen (secondary N) is 1. The lowest BCUT2D eigenvalue weighted by Crippen LogP contribution is -2.13. The summed E-state index contributed by atoms with van der Waals surface area (Å²) in [6, 6.07) is 4.43. The molecule has 0 aliphatic carbocycles. The van der Waals surface area contributed by atoms with E-state index >= 15 is 0 Å². The largest absolute Gasteiger partial charge is 0.307 e. The molecule has 0 radical (unpaired) electrons.